The molecule has 0 fully saturated rings. The van der Waals surface area contributed by atoms with Crippen LogP contribution < -0.4 is 5.73 Å². The number of hydrogen-bond acceptors (Lipinski definition) is 4. The molecule has 1 aliphatic carbocycles. The van der Waals surface area contributed by atoms with Crippen LogP contribution >= 0.6 is 0 Å². The molecule has 1 atom stereocenters. The molecule has 2 rings (SSSR count). The molecule has 0 radical (unpaired) electrons. The number of carbonyl (C=O) groups excluding carboxylic acids is 1. The van der Waals surface area contributed by atoms with Crippen LogP contribution in [0.1, 0.15) is 50.9 Å². The first kappa shape index (κ1) is 13.1. The Morgan fingerprint density at radius 2 is 2.33 bits per heavy atom. The second-order valence-electron chi connectivity index (χ2n) is 5.82. The Kier molecular flexibility index (Phi) is 3.43. The van der Waals surface area contributed by atoms with Crippen molar-refractivity contribution in [3.63, 3.8) is 0 Å². The molecule has 18 heavy (non-hydrogen) atoms. The highest BCUT2D eigenvalue weighted by Gasteiger charge is 2.22. The van der Waals surface area contributed by atoms with Crippen LogP contribution in [-0.2, 0) is 22.5 Å². The van der Waals surface area contributed by atoms with E-state index in [9.17, 15) is 4.79 Å². The van der Waals surface area contributed by atoms with Crippen LogP contribution in [0.2, 0.25) is 0 Å². The third-order valence-electron chi connectivity index (χ3n) is 2.89. The van der Waals surface area contributed by atoms with Crippen LogP contribution in [0.5, 0.6) is 0 Å². The minimum absolute atomic E-state index is 0.00800. The summed E-state index contributed by atoms with van der Waals surface area (Å²) in [7, 11) is 0. The highest BCUT2D eigenvalue weighted by molar-refractivity contribution is 5.69. The van der Waals surface area contributed by atoms with E-state index in [-0.39, 0.29) is 18.6 Å². The van der Waals surface area contributed by atoms with E-state index in [0.717, 1.165) is 30.5 Å². The average molecular weight is 251 g/mol. The monoisotopic (exact) mass is 251 g/mol. The molecular formula is C13H21N3O2. The maximum atomic E-state index is 11.7. The fourth-order valence-electron chi connectivity index (χ4n) is 2.22. The summed E-state index contributed by atoms with van der Waals surface area (Å²) in [5.74, 6) is -0.268. The summed E-state index contributed by atoms with van der Waals surface area (Å²) in [6, 6.07) is 0.00800. The van der Waals surface area contributed by atoms with Crippen molar-refractivity contribution < 1.29 is 9.53 Å². The fraction of sp³-hybridized carbons (Fsp3) is 0.692. The Morgan fingerprint density at radius 1 is 1.61 bits per heavy atom. The summed E-state index contributed by atoms with van der Waals surface area (Å²) in [6.07, 6.45) is 4.97. The van der Waals surface area contributed by atoms with Gasteiger partial charge in [-0.1, -0.05) is 0 Å². The van der Waals surface area contributed by atoms with Crippen LogP contribution in [0, 0.1) is 0 Å². The number of nitrogens with two attached hydrogens (primary N) is 1. The zero-order valence-corrected chi connectivity index (χ0v) is 11.3. The van der Waals surface area contributed by atoms with Gasteiger partial charge in [0.25, 0.3) is 0 Å². The van der Waals surface area contributed by atoms with Gasteiger partial charge in [-0.05, 0) is 45.6 Å². The molecule has 1 unspecified atom stereocenters. The van der Waals surface area contributed by atoms with E-state index in [2.05, 4.69) is 5.10 Å². The topological polar surface area (TPSA) is 70.1 Å². The molecule has 0 spiro atoms. The van der Waals surface area contributed by atoms with Gasteiger partial charge in [0, 0.05) is 12.2 Å². The maximum Gasteiger partial charge on any atom is 0.328 e. The SMILES string of the molecule is CC(C)(C)OC(=O)Cn1cc2c(n1)C(N)CCC2. The second-order valence-corrected chi connectivity index (χ2v) is 5.82. The third kappa shape index (κ3) is 3.10. The number of hydrogen-bond donors (Lipinski definition) is 1. The maximum absolute atomic E-state index is 11.7. The van der Waals surface area contributed by atoms with Gasteiger partial charge in [0.2, 0.25) is 0 Å². The highest BCUT2D eigenvalue weighted by Crippen LogP contribution is 2.26. The van der Waals surface area contributed by atoms with Gasteiger partial charge in [0.05, 0.1) is 5.69 Å². The highest BCUT2D eigenvalue weighted by atomic mass is 16.6. The molecule has 1 heterocycles. The van der Waals surface area contributed by atoms with Crippen LogP contribution in [0.4, 0.5) is 0 Å². The van der Waals surface area contributed by atoms with Crippen LogP contribution in [-0.4, -0.2) is 21.4 Å². The third-order valence-corrected chi connectivity index (χ3v) is 2.89. The number of esters is 1. The minimum atomic E-state index is -0.458. The van der Waals surface area contributed by atoms with E-state index in [1.807, 2.05) is 27.0 Å². The summed E-state index contributed by atoms with van der Waals surface area (Å²) in [5.41, 5.74) is 7.64. The van der Waals surface area contributed by atoms with Crippen molar-refractivity contribution in [3.05, 3.63) is 17.5 Å². The first-order chi connectivity index (χ1) is 8.35. The summed E-state index contributed by atoms with van der Waals surface area (Å²) >= 11 is 0. The lowest BCUT2D eigenvalue weighted by Gasteiger charge is -2.19. The van der Waals surface area contributed by atoms with Crippen molar-refractivity contribution in [1.82, 2.24) is 9.78 Å². The fourth-order valence-corrected chi connectivity index (χ4v) is 2.22. The van der Waals surface area contributed by atoms with Gasteiger partial charge in [-0.25, -0.2) is 0 Å². The molecule has 0 saturated carbocycles. The molecule has 0 aliphatic heterocycles. The zero-order valence-electron chi connectivity index (χ0n) is 11.3. The Morgan fingerprint density at radius 3 is 2.94 bits per heavy atom. The van der Waals surface area contributed by atoms with Gasteiger partial charge in [0.15, 0.2) is 0 Å². The predicted octanol–water partition coefficient (Wildman–Crippen LogP) is 1.56. The van der Waals surface area contributed by atoms with Crippen LogP contribution in [0.3, 0.4) is 0 Å². The van der Waals surface area contributed by atoms with E-state index in [4.69, 9.17) is 10.5 Å². The molecule has 5 heteroatoms. The lowest BCUT2D eigenvalue weighted by molar-refractivity contribution is -0.155. The molecule has 0 amide bonds. The first-order valence-electron chi connectivity index (χ1n) is 6.39. The number of rotatable bonds is 2. The number of aryl methyl sites for hydroxylation is 1. The Hall–Kier alpha value is -1.36. The smallest absolute Gasteiger partial charge is 0.328 e. The molecule has 2 N–H and O–H groups in total. The zero-order chi connectivity index (χ0) is 13.3. The molecule has 0 aromatic carbocycles. The van der Waals surface area contributed by atoms with Gasteiger partial charge < -0.3 is 10.5 Å². The van der Waals surface area contributed by atoms with E-state index in [0.29, 0.717) is 0 Å². The normalized spacial score (nSPS) is 19.4. The van der Waals surface area contributed by atoms with Crippen molar-refractivity contribution >= 4 is 5.97 Å². The van der Waals surface area contributed by atoms with Crippen molar-refractivity contribution in [3.8, 4) is 0 Å². The van der Waals surface area contributed by atoms with Crippen molar-refractivity contribution in [2.24, 2.45) is 5.73 Å². The summed E-state index contributed by atoms with van der Waals surface area (Å²) in [5, 5.41) is 4.39. The number of carbonyl (C=O) groups is 1. The predicted molar refractivity (Wildman–Crippen MR) is 67.9 cm³/mol. The quantitative estimate of drug-likeness (QED) is 0.810. The number of ether oxygens (including phenoxy) is 1. The summed E-state index contributed by atoms with van der Waals surface area (Å²) < 4.78 is 6.91. The van der Waals surface area contributed by atoms with E-state index < -0.39 is 5.60 Å². The van der Waals surface area contributed by atoms with E-state index in [1.165, 1.54) is 0 Å². The Balaban J connectivity index is 2.05. The molecule has 0 saturated heterocycles. The lowest BCUT2D eigenvalue weighted by Crippen LogP contribution is -2.26. The van der Waals surface area contributed by atoms with Crippen molar-refractivity contribution in [2.45, 2.75) is 58.2 Å². The van der Waals surface area contributed by atoms with Gasteiger partial charge in [0.1, 0.15) is 12.1 Å². The van der Waals surface area contributed by atoms with E-state index in [1.54, 1.807) is 4.68 Å². The average Bonchev–Trinajstić information content (AvgIpc) is 2.58. The van der Waals surface area contributed by atoms with E-state index >= 15 is 0 Å². The van der Waals surface area contributed by atoms with Crippen molar-refractivity contribution in [1.29, 1.82) is 0 Å². The summed E-state index contributed by atoms with van der Waals surface area (Å²) in [4.78, 5) is 11.7. The Bertz CT molecular complexity index is 446. The number of aromatic nitrogens is 2. The van der Waals surface area contributed by atoms with Gasteiger partial charge in [-0.3, -0.25) is 9.48 Å². The molecule has 1 aromatic heterocycles. The largest absolute Gasteiger partial charge is 0.459 e. The van der Waals surface area contributed by atoms with Crippen LogP contribution in [0.25, 0.3) is 0 Å². The Labute approximate surface area is 107 Å². The van der Waals surface area contributed by atoms with Gasteiger partial charge in [-0.2, -0.15) is 5.10 Å². The summed E-state index contributed by atoms with van der Waals surface area (Å²) in [6.45, 7) is 5.72. The lowest BCUT2D eigenvalue weighted by atomic mass is 9.95. The van der Waals surface area contributed by atoms with Gasteiger partial charge in [-0.15, -0.1) is 0 Å². The van der Waals surface area contributed by atoms with Crippen molar-refractivity contribution in [2.75, 3.05) is 0 Å². The second kappa shape index (κ2) is 4.72. The molecule has 1 aromatic rings. The first-order valence-corrected chi connectivity index (χ1v) is 6.39. The molecular weight excluding hydrogens is 230 g/mol. The molecule has 5 nitrogen and oxygen atoms in total. The molecule has 0 bridgehead atoms. The number of fused-ring (bicyclic) bond motifs is 1. The standard InChI is InChI=1S/C13H21N3O2/c1-13(2,3)18-11(17)8-16-7-9-5-4-6-10(14)12(9)15-16/h7,10H,4-6,8,14H2,1-3H3. The molecule has 1 aliphatic rings. The minimum Gasteiger partial charge on any atom is -0.459 e. The number of nitrogens with zero attached hydrogens (tertiary/aromatic N) is 2. The molecule has 100 valence electrons. The van der Waals surface area contributed by atoms with Crippen LogP contribution in [0.15, 0.2) is 6.20 Å². The van der Waals surface area contributed by atoms with Gasteiger partial charge >= 0.3 is 5.97 Å².